The minimum Gasteiger partial charge on any atom is -0.477 e. The first-order chi connectivity index (χ1) is 24.2. The Morgan fingerprint density at radius 3 is 1.44 bits per heavy atom. The van der Waals surface area contributed by atoms with E-state index in [1.807, 2.05) is 27.7 Å². The molecule has 2 heterocycles. The number of carbonyl (C=O) groups excluding carboxylic acids is 3. The van der Waals surface area contributed by atoms with Gasteiger partial charge in [0.25, 0.3) is 0 Å². The first-order valence-corrected chi connectivity index (χ1v) is 25.0. The van der Waals surface area contributed by atoms with Crippen molar-refractivity contribution in [1.82, 2.24) is 20.6 Å². The summed E-state index contributed by atoms with van der Waals surface area (Å²) in [5.74, 6) is -1.35. The molecule has 0 aromatic carbocycles. The average molecular weight is 1060 g/mol. The maximum absolute atomic E-state index is 12.5. The summed E-state index contributed by atoms with van der Waals surface area (Å²) in [6, 6.07) is 0. The number of thiocarbonyl (C=S) groups is 1. The number of amides is 2. The Bertz CT molecular complexity index is 1500. The van der Waals surface area contributed by atoms with Crippen LogP contribution in [0.1, 0.15) is 170 Å². The first kappa shape index (κ1) is 59.5. The molecule has 0 atom stereocenters. The molecule has 0 aliphatic carbocycles. The molecule has 0 aliphatic heterocycles. The van der Waals surface area contributed by atoms with Gasteiger partial charge in [-0.3, -0.25) is 0 Å². The smallest absolute Gasteiger partial charge is 0.408 e. The van der Waals surface area contributed by atoms with E-state index in [2.05, 4.69) is 83.6 Å². The molecule has 0 unspecified atom stereocenters. The number of ether oxygens (including phenoxy) is 3. The predicted octanol–water partition coefficient (Wildman–Crippen LogP) is 11.5. The minimum absolute atomic E-state index is 0. The number of carboxylic acid groups (broad SMARTS) is 1. The fraction of sp³-hybridized carbons (Fsp3) is 0.649. The molecular weight excluding hydrogens is 992 g/mol. The van der Waals surface area contributed by atoms with Gasteiger partial charge in [-0.25, -0.2) is 29.1 Å². The van der Waals surface area contributed by atoms with E-state index in [0.29, 0.717) is 31.3 Å². The third-order valence-electron chi connectivity index (χ3n) is 5.78. The predicted molar refractivity (Wildman–Crippen MR) is 248 cm³/mol. The fourth-order valence-electron chi connectivity index (χ4n) is 3.49. The lowest BCUT2D eigenvalue weighted by molar-refractivity contribution is 0.0177. The highest BCUT2D eigenvalue weighted by Crippen LogP contribution is 2.28. The lowest BCUT2D eigenvalue weighted by Crippen LogP contribution is -2.32. The molecule has 0 bridgehead atoms. The summed E-state index contributed by atoms with van der Waals surface area (Å²) in [5, 5.41) is 15.5. The molecule has 18 heteroatoms. The zero-order valence-electron chi connectivity index (χ0n) is 33.0. The zero-order chi connectivity index (χ0) is 41.9. The highest BCUT2D eigenvalue weighted by atomic mass is 128. The van der Waals surface area contributed by atoms with Gasteiger partial charge in [0, 0.05) is 37.2 Å². The first-order valence-electron chi connectivity index (χ1n) is 16.7. The number of esters is 1. The Morgan fingerprint density at radius 2 is 1.18 bits per heavy atom. The van der Waals surface area contributed by atoms with Gasteiger partial charge in [-0.05, 0) is 86.1 Å². The maximum Gasteiger partial charge on any atom is 0.408 e. The molecule has 0 radical (unpaired) electrons. The number of carbonyl (C=O) groups is 4. The average Bonchev–Trinajstić information content (AvgIpc) is 3.65. The molecule has 2 aromatic heterocycles. The van der Waals surface area contributed by atoms with Crippen molar-refractivity contribution in [3.63, 3.8) is 0 Å². The van der Waals surface area contributed by atoms with E-state index in [9.17, 15) is 19.2 Å². The second-order valence-electron chi connectivity index (χ2n) is 14.4. The van der Waals surface area contributed by atoms with Gasteiger partial charge in [0.05, 0.1) is 29.5 Å². The lowest BCUT2D eigenvalue weighted by atomic mass is 10.1. The molecule has 2 aromatic rings. The standard InChI is InChI=1S/C18H28N2O4S.C13H20N2O4S.C4H9NS.2CH4.I2/c1-9-18(7,8)23-15(21)14-13(11(2)3)20-12(25-14)10-19-16(22)24-17(4,5)6;1-7(2)9-10(11(16)17)20-8(15-9)6-14-12(18)19-13(3,4)5;1-2-3-4(5)6;;;1-2/h9,11H,1,10H2,2-8H3,(H,19,22);7H,6H2,1-5H3,(H,14,18)(H,16,17);2-3H2,1H3,(H2,5,6);2*1H4;. The van der Waals surface area contributed by atoms with Crippen LogP contribution in [-0.4, -0.2) is 61.0 Å². The fourth-order valence-corrected chi connectivity index (χ4v) is 5.72. The largest absolute Gasteiger partial charge is 0.477 e. The van der Waals surface area contributed by atoms with Crippen LogP contribution in [0, 0.1) is 0 Å². The van der Waals surface area contributed by atoms with Gasteiger partial charge in [0.15, 0.2) is 0 Å². The van der Waals surface area contributed by atoms with Crippen LogP contribution in [0.15, 0.2) is 12.7 Å². The third-order valence-corrected chi connectivity index (χ3v) is 8.09. The van der Waals surface area contributed by atoms with E-state index in [4.69, 9.17) is 25.1 Å². The summed E-state index contributed by atoms with van der Waals surface area (Å²) < 4.78 is 15.8. The van der Waals surface area contributed by atoms with Crippen LogP contribution in [0.2, 0.25) is 0 Å². The Balaban J connectivity index is -0.000000389. The van der Waals surface area contributed by atoms with Crippen LogP contribution in [0.25, 0.3) is 0 Å². The molecule has 0 spiro atoms. The van der Waals surface area contributed by atoms with Gasteiger partial charge in [0.2, 0.25) is 0 Å². The molecule has 0 saturated carbocycles. The number of rotatable bonds is 12. The van der Waals surface area contributed by atoms with Crippen LogP contribution in [0.4, 0.5) is 9.59 Å². The van der Waals surface area contributed by atoms with Crippen LogP contribution >= 0.6 is 72.1 Å². The number of aromatic nitrogens is 2. The van der Waals surface area contributed by atoms with Gasteiger partial charge >= 0.3 is 24.1 Å². The number of halogens is 2. The minimum atomic E-state index is -0.991. The molecule has 0 fully saturated rings. The zero-order valence-corrected chi connectivity index (χ0v) is 39.8. The number of carboxylic acids is 1. The van der Waals surface area contributed by atoms with Gasteiger partial charge in [-0.1, -0.05) is 68.3 Å². The summed E-state index contributed by atoms with van der Waals surface area (Å²) in [5.41, 5.74) is 4.45. The number of nitrogens with two attached hydrogens (primary N) is 1. The van der Waals surface area contributed by atoms with E-state index in [-0.39, 0.29) is 44.7 Å². The monoisotopic (exact) mass is 1060 g/mol. The van der Waals surface area contributed by atoms with Gasteiger partial charge in [-0.2, -0.15) is 0 Å². The van der Waals surface area contributed by atoms with E-state index < -0.39 is 40.9 Å². The molecule has 0 saturated heterocycles. The number of thiazole rings is 2. The van der Waals surface area contributed by atoms with Crippen molar-refractivity contribution >= 4 is 101 Å². The summed E-state index contributed by atoms with van der Waals surface area (Å²) in [6.07, 6.45) is 2.46. The number of nitrogens with zero attached hydrogens (tertiary/aromatic N) is 2. The third kappa shape index (κ3) is 27.2. The van der Waals surface area contributed by atoms with Crippen molar-refractivity contribution in [2.24, 2.45) is 5.73 Å². The SMILES string of the molecule is C.C.C=CC(C)(C)OC(=O)c1sc(CNC(=O)OC(C)(C)C)nc1C(C)C.CC(C)c1nc(CNC(=O)OC(C)(C)C)sc1C(=O)O.CCCC(N)=S.II. The van der Waals surface area contributed by atoms with Crippen molar-refractivity contribution in [1.29, 1.82) is 0 Å². The Labute approximate surface area is 366 Å². The van der Waals surface area contributed by atoms with Crippen molar-refractivity contribution in [2.75, 3.05) is 0 Å². The number of aromatic carboxylic acids is 1. The van der Waals surface area contributed by atoms with Crippen molar-refractivity contribution in [2.45, 2.75) is 159 Å². The van der Waals surface area contributed by atoms with E-state index in [1.165, 1.54) is 11.3 Å². The summed E-state index contributed by atoms with van der Waals surface area (Å²) in [6.45, 7) is 28.0. The maximum atomic E-state index is 12.5. The second-order valence-corrected chi connectivity index (χ2v) is 17.1. The molecule has 55 heavy (non-hydrogen) atoms. The molecule has 2 rings (SSSR count). The van der Waals surface area contributed by atoms with Crippen molar-refractivity contribution in [3.05, 3.63) is 43.8 Å². The van der Waals surface area contributed by atoms with Crippen molar-refractivity contribution in [3.8, 4) is 0 Å². The molecule has 0 aliphatic rings. The molecule has 318 valence electrons. The number of alkyl carbamates (subject to hydrolysis) is 2. The van der Waals surface area contributed by atoms with Gasteiger partial charge < -0.3 is 35.7 Å². The van der Waals surface area contributed by atoms with Crippen LogP contribution in [-0.2, 0) is 27.3 Å². The quantitative estimate of drug-likeness (QED) is 0.0518. The van der Waals surface area contributed by atoms with Gasteiger partial charge in [-0.15, -0.1) is 22.7 Å². The van der Waals surface area contributed by atoms with Crippen LogP contribution in [0.3, 0.4) is 0 Å². The molecule has 2 amide bonds. The van der Waals surface area contributed by atoms with Crippen LogP contribution < -0.4 is 16.4 Å². The van der Waals surface area contributed by atoms with Crippen LogP contribution in [0.5, 0.6) is 0 Å². The Morgan fingerprint density at radius 1 is 0.818 bits per heavy atom. The summed E-state index contributed by atoms with van der Waals surface area (Å²) in [4.78, 5) is 56.9. The normalized spacial score (nSPS) is 10.6. The topological polar surface area (TPSA) is 192 Å². The molecular formula is C37H65I2N5O8S3. The van der Waals surface area contributed by atoms with E-state index >= 15 is 0 Å². The molecule has 13 nitrogen and oxygen atoms in total. The Hall–Kier alpha value is -2.17. The number of hydrogen-bond acceptors (Lipinski definition) is 12. The van der Waals surface area contributed by atoms with E-state index in [0.717, 1.165) is 24.2 Å². The molecule has 5 N–H and O–H groups in total. The van der Waals surface area contributed by atoms with E-state index in [1.54, 1.807) is 61.5 Å². The van der Waals surface area contributed by atoms with Gasteiger partial charge in [0.1, 0.15) is 36.6 Å². The number of nitrogens with one attached hydrogen (secondary N) is 2. The van der Waals surface area contributed by atoms with Crippen molar-refractivity contribution < 1.29 is 38.5 Å². The lowest BCUT2D eigenvalue weighted by Gasteiger charge is -2.20. The Kier molecular flexibility index (Phi) is 30.6. The highest BCUT2D eigenvalue weighted by molar-refractivity contribution is 15.0. The number of hydrogen-bond donors (Lipinski definition) is 4. The second kappa shape index (κ2) is 28.3. The highest BCUT2D eigenvalue weighted by Gasteiger charge is 2.27. The summed E-state index contributed by atoms with van der Waals surface area (Å²) >= 11 is 11.1. The summed E-state index contributed by atoms with van der Waals surface area (Å²) in [7, 11) is 0.